The highest BCUT2D eigenvalue weighted by molar-refractivity contribution is 8.00. The van der Waals surface area contributed by atoms with Crippen LogP contribution in [-0.2, 0) is 20.8 Å². The largest absolute Gasteiger partial charge is 0.385 e. The summed E-state index contributed by atoms with van der Waals surface area (Å²) >= 11 is 2.88. The fraction of sp³-hybridized carbons (Fsp3) is 0.500. The number of carbonyl (C=O) groups excluding carboxylic acids is 1. The molecule has 3 aromatic rings. The fourth-order valence-electron chi connectivity index (χ4n) is 3.73. The molecule has 0 unspecified atom stereocenters. The maximum atomic E-state index is 13.4. The lowest BCUT2D eigenvalue weighted by Gasteiger charge is -2.30. The van der Waals surface area contributed by atoms with E-state index >= 15 is 0 Å². The van der Waals surface area contributed by atoms with Crippen molar-refractivity contribution in [1.82, 2.24) is 14.5 Å². The highest BCUT2D eigenvalue weighted by Crippen LogP contribution is 2.33. The summed E-state index contributed by atoms with van der Waals surface area (Å²) in [5.74, 6) is 0.0868. The Balaban J connectivity index is 1.74. The van der Waals surface area contributed by atoms with Gasteiger partial charge in [0.25, 0.3) is 5.56 Å². The van der Waals surface area contributed by atoms with E-state index in [4.69, 9.17) is 14.5 Å². The monoisotopic (exact) mass is 461 g/mol. The van der Waals surface area contributed by atoms with Crippen LogP contribution in [0.2, 0.25) is 0 Å². The van der Waals surface area contributed by atoms with E-state index in [-0.39, 0.29) is 16.7 Å². The predicted molar refractivity (Wildman–Crippen MR) is 125 cm³/mol. The van der Waals surface area contributed by atoms with Crippen LogP contribution in [0.3, 0.4) is 0 Å². The van der Waals surface area contributed by atoms with Crippen molar-refractivity contribution in [1.29, 1.82) is 0 Å². The van der Waals surface area contributed by atoms with Gasteiger partial charge in [-0.1, -0.05) is 36.9 Å². The van der Waals surface area contributed by atoms with Crippen molar-refractivity contribution in [2.45, 2.75) is 36.7 Å². The Kier molecular flexibility index (Phi) is 7.27. The lowest BCUT2D eigenvalue weighted by atomic mass is 10.2. The zero-order valence-electron chi connectivity index (χ0n) is 17.8. The number of hydrogen-bond acceptors (Lipinski definition) is 7. The van der Waals surface area contributed by atoms with E-state index in [2.05, 4.69) is 0 Å². The average molecular weight is 462 g/mol. The second kappa shape index (κ2) is 10.1. The number of benzene rings is 1. The molecule has 7 nitrogen and oxygen atoms in total. The molecule has 0 aliphatic carbocycles. The lowest BCUT2D eigenvalue weighted by molar-refractivity contribution is -0.134. The molecular formula is C22H27N3O4S2. The molecule has 9 heteroatoms. The van der Waals surface area contributed by atoms with Crippen molar-refractivity contribution in [2.75, 3.05) is 40.0 Å². The smallest absolute Gasteiger partial charge is 0.272 e. The first kappa shape index (κ1) is 22.3. The van der Waals surface area contributed by atoms with Crippen LogP contribution in [-0.4, -0.2) is 65.6 Å². The molecule has 0 radical (unpaired) electrons. The number of thiophene rings is 1. The number of hydrogen-bond donors (Lipinski definition) is 0. The van der Waals surface area contributed by atoms with Gasteiger partial charge in [0, 0.05) is 43.4 Å². The summed E-state index contributed by atoms with van der Waals surface area (Å²) < 4.78 is 14.0. The Hall–Kier alpha value is -1.94. The molecule has 0 spiro atoms. The maximum absolute atomic E-state index is 13.4. The van der Waals surface area contributed by atoms with Gasteiger partial charge in [-0.2, -0.15) is 0 Å². The minimum atomic E-state index is -0.291. The molecule has 31 heavy (non-hydrogen) atoms. The third-order valence-electron chi connectivity index (χ3n) is 5.39. The van der Waals surface area contributed by atoms with Crippen molar-refractivity contribution in [2.24, 2.45) is 0 Å². The number of aromatic nitrogens is 2. The first-order valence-electron chi connectivity index (χ1n) is 10.6. The maximum Gasteiger partial charge on any atom is 0.272 e. The van der Waals surface area contributed by atoms with Crippen molar-refractivity contribution in [3.05, 3.63) is 34.6 Å². The zero-order chi connectivity index (χ0) is 21.8. The molecule has 1 fully saturated rings. The van der Waals surface area contributed by atoms with E-state index in [0.717, 1.165) is 15.6 Å². The molecule has 1 aliphatic heterocycles. The van der Waals surface area contributed by atoms with E-state index in [9.17, 15) is 9.59 Å². The van der Waals surface area contributed by atoms with Gasteiger partial charge in [-0.25, -0.2) is 4.98 Å². The Morgan fingerprint density at radius 3 is 2.84 bits per heavy atom. The molecule has 1 aromatic carbocycles. The van der Waals surface area contributed by atoms with E-state index < -0.39 is 0 Å². The second-order valence-corrected chi connectivity index (χ2v) is 9.65. The van der Waals surface area contributed by atoms with Gasteiger partial charge in [-0.05, 0) is 18.9 Å². The number of carbonyl (C=O) groups is 1. The van der Waals surface area contributed by atoms with Crippen LogP contribution < -0.4 is 5.56 Å². The summed E-state index contributed by atoms with van der Waals surface area (Å²) in [6.45, 7) is 5.43. The lowest BCUT2D eigenvalue weighted by Crippen LogP contribution is -2.44. The zero-order valence-corrected chi connectivity index (χ0v) is 19.5. The minimum Gasteiger partial charge on any atom is -0.385 e. The van der Waals surface area contributed by atoms with Gasteiger partial charge in [0.15, 0.2) is 5.16 Å². The summed E-state index contributed by atoms with van der Waals surface area (Å²) in [6.07, 6.45) is 1.37. The number of fused-ring (bicyclic) bond motifs is 3. The Bertz CT molecular complexity index is 1120. The summed E-state index contributed by atoms with van der Waals surface area (Å²) in [7, 11) is 1.65. The molecule has 0 saturated carbocycles. The van der Waals surface area contributed by atoms with Crippen LogP contribution >= 0.6 is 23.1 Å². The molecule has 1 aliphatic rings. The summed E-state index contributed by atoms with van der Waals surface area (Å²) in [5.41, 5.74) is 0.684. The topological polar surface area (TPSA) is 73.7 Å². The van der Waals surface area contributed by atoms with Crippen LogP contribution in [0.25, 0.3) is 20.3 Å². The minimum absolute atomic E-state index is 0.0431. The molecule has 1 atom stereocenters. The number of nitrogens with zero attached hydrogens (tertiary/aromatic N) is 3. The first-order valence-corrected chi connectivity index (χ1v) is 12.3. The quantitative estimate of drug-likeness (QED) is 0.291. The molecule has 3 heterocycles. The Morgan fingerprint density at radius 1 is 1.32 bits per heavy atom. The molecule has 4 rings (SSSR count). The third-order valence-corrected chi connectivity index (χ3v) is 7.88. The molecule has 2 aromatic heterocycles. The number of ether oxygens (including phenoxy) is 2. The van der Waals surface area contributed by atoms with E-state index in [0.29, 0.717) is 62.2 Å². The van der Waals surface area contributed by atoms with E-state index in [1.807, 2.05) is 36.1 Å². The molecular weight excluding hydrogens is 434 g/mol. The first-order chi connectivity index (χ1) is 15.1. The van der Waals surface area contributed by atoms with Gasteiger partial charge in [0.1, 0.15) is 4.70 Å². The number of morpholine rings is 1. The highest BCUT2D eigenvalue weighted by Gasteiger charge is 2.28. The molecule has 0 N–H and O–H groups in total. The van der Waals surface area contributed by atoms with Crippen LogP contribution in [0.15, 0.2) is 34.2 Å². The van der Waals surface area contributed by atoms with Crippen LogP contribution in [0.1, 0.15) is 19.8 Å². The standard InChI is InChI=1S/C22H27N3O4S2/c1-3-16(20(26)24-10-13-29-14-11-24)31-22-23-18-15-7-4-5-8-17(15)30-19(18)21(27)25(22)9-6-12-28-2/h4-5,7-8,16H,3,6,9-14H2,1-2H3/t16-/m0/s1. The predicted octanol–water partition coefficient (Wildman–Crippen LogP) is 3.38. The second-order valence-electron chi connectivity index (χ2n) is 7.43. The van der Waals surface area contributed by atoms with Gasteiger partial charge in [0.2, 0.25) is 5.91 Å². The van der Waals surface area contributed by atoms with E-state index in [1.165, 1.54) is 23.1 Å². The average Bonchev–Trinajstić information content (AvgIpc) is 3.18. The molecule has 1 amide bonds. The fourth-order valence-corrected chi connectivity index (χ4v) is 5.94. The molecule has 166 valence electrons. The molecule has 0 bridgehead atoms. The molecule has 1 saturated heterocycles. The van der Waals surface area contributed by atoms with Crippen molar-refractivity contribution < 1.29 is 14.3 Å². The summed E-state index contributed by atoms with van der Waals surface area (Å²) in [6, 6.07) is 7.95. The number of amides is 1. The Morgan fingerprint density at radius 2 is 2.10 bits per heavy atom. The van der Waals surface area contributed by atoms with Crippen LogP contribution in [0.4, 0.5) is 0 Å². The normalized spacial score (nSPS) is 15.6. The van der Waals surface area contributed by atoms with Gasteiger partial charge in [-0.15, -0.1) is 11.3 Å². The number of methoxy groups -OCH3 is 1. The van der Waals surface area contributed by atoms with Crippen LogP contribution in [0, 0.1) is 0 Å². The van der Waals surface area contributed by atoms with Crippen LogP contribution in [0.5, 0.6) is 0 Å². The summed E-state index contributed by atoms with van der Waals surface area (Å²) in [5, 5.41) is 1.30. The van der Waals surface area contributed by atoms with Gasteiger partial charge in [0.05, 0.1) is 24.0 Å². The van der Waals surface area contributed by atoms with E-state index in [1.54, 1.807) is 11.7 Å². The number of thioether (sulfide) groups is 1. The highest BCUT2D eigenvalue weighted by atomic mass is 32.2. The van der Waals surface area contributed by atoms with Crippen molar-refractivity contribution in [3.63, 3.8) is 0 Å². The summed E-state index contributed by atoms with van der Waals surface area (Å²) in [4.78, 5) is 33.3. The third kappa shape index (κ3) is 4.64. The number of rotatable bonds is 8. The van der Waals surface area contributed by atoms with Crippen molar-refractivity contribution >= 4 is 49.3 Å². The van der Waals surface area contributed by atoms with Gasteiger partial charge < -0.3 is 14.4 Å². The van der Waals surface area contributed by atoms with Gasteiger partial charge in [-0.3, -0.25) is 14.2 Å². The SMILES string of the molecule is CC[C@H](Sc1nc2c(sc3ccccc32)c(=O)n1CCCOC)C(=O)N1CCOCC1. The Labute approximate surface area is 189 Å². The van der Waals surface area contributed by atoms with Crippen molar-refractivity contribution in [3.8, 4) is 0 Å². The van der Waals surface area contributed by atoms with Gasteiger partial charge >= 0.3 is 0 Å².